The van der Waals surface area contributed by atoms with Crippen LogP contribution in [0.25, 0.3) is 0 Å². The molecule has 1 heterocycles. The molecule has 0 aliphatic heterocycles. The van der Waals surface area contributed by atoms with Gasteiger partial charge in [-0.3, -0.25) is 0 Å². The lowest BCUT2D eigenvalue weighted by Gasteiger charge is -2.07. The molecule has 0 saturated heterocycles. The summed E-state index contributed by atoms with van der Waals surface area (Å²) in [6.07, 6.45) is 2.61. The van der Waals surface area contributed by atoms with Gasteiger partial charge in [0.2, 0.25) is 0 Å². The van der Waals surface area contributed by atoms with Gasteiger partial charge in [-0.1, -0.05) is 30.3 Å². The molecule has 0 aliphatic carbocycles. The van der Waals surface area contributed by atoms with Gasteiger partial charge in [0.1, 0.15) is 5.69 Å². The number of ether oxygens (including phenoxy) is 1. The second-order valence-electron chi connectivity index (χ2n) is 4.08. The van der Waals surface area contributed by atoms with Crippen LogP contribution in [0.3, 0.4) is 0 Å². The molecule has 0 fully saturated rings. The van der Waals surface area contributed by atoms with Gasteiger partial charge in [-0.15, -0.1) is 0 Å². The molecule has 0 aliphatic rings. The molecular formula is C14H16N2O2. The summed E-state index contributed by atoms with van der Waals surface area (Å²) in [7, 11) is 1.37. The van der Waals surface area contributed by atoms with E-state index in [9.17, 15) is 4.79 Å². The predicted molar refractivity (Wildman–Crippen MR) is 70.3 cm³/mol. The van der Waals surface area contributed by atoms with Gasteiger partial charge < -0.3 is 15.0 Å². The number of carbonyl (C=O) groups excluding carboxylic acids is 1. The molecular weight excluding hydrogens is 228 g/mol. The van der Waals surface area contributed by atoms with E-state index >= 15 is 0 Å². The Labute approximate surface area is 106 Å². The molecule has 18 heavy (non-hydrogen) atoms. The smallest absolute Gasteiger partial charge is 0.354 e. The average molecular weight is 244 g/mol. The number of anilines is 1. The van der Waals surface area contributed by atoms with Crippen molar-refractivity contribution in [2.45, 2.75) is 13.0 Å². The average Bonchev–Trinajstić information content (AvgIpc) is 2.78. The first-order valence-corrected chi connectivity index (χ1v) is 5.78. The largest absolute Gasteiger partial charge is 0.464 e. The summed E-state index contributed by atoms with van der Waals surface area (Å²) in [5.41, 5.74) is 8.00. The van der Waals surface area contributed by atoms with Gasteiger partial charge in [-0.2, -0.15) is 0 Å². The van der Waals surface area contributed by atoms with E-state index < -0.39 is 0 Å². The molecule has 0 spiro atoms. The number of nitrogen functional groups attached to an aromatic ring is 1. The van der Waals surface area contributed by atoms with E-state index in [-0.39, 0.29) is 5.97 Å². The van der Waals surface area contributed by atoms with E-state index in [4.69, 9.17) is 10.5 Å². The lowest BCUT2D eigenvalue weighted by molar-refractivity contribution is 0.0588. The molecule has 4 nitrogen and oxygen atoms in total. The summed E-state index contributed by atoms with van der Waals surface area (Å²) in [5, 5.41) is 0. The first kappa shape index (κ1) is 12.2. The summed E-state index contributed by atoms with van der Waals surface area (Å²) in [4.78, 5) is 11.6. The normalized spacial score (nSPS) is 10.3. The van der Waals surface area contributed by atoms with Crippen molar-refractivity contribution in [1.29, 1.82) is 0 Å². The van der Waals surface area contributed by atoms with E-state index in [1.807, 2.05) is 22.8 Å². The third-order valence-corrected chi connectivity index (χ3v) is 2.80. The minimum atomic E-state index is -0.361. The number of hydrogen-bond acceptors (Lipinski definition) is 3. The van der Waals surface area contributed by atoms with Crippen molar-refractivity contribution in [1.82, 2.24) is 4.57 Å². The summed E-state index contributed by atoms with van der Waals surface area (Å²) >= 11 is 0. The van der Waals surface area contributed by atoms with Crippen LogP contribution in [0.5, 0.6) is 0 Å². The zero-order valence-electron chi connectivity index (χ0n) is 10.3. The van der Waals surface area contributed by atoms with Crippen molar-refractivity contribution < 1.29 is 9.53 Å². The maximum atomic E-state index is 11.6. The number of nitrogens with two attached hydrogens (primary N) is 1. The molecule has 2 N–H and O–H groups in total. The van der Waals surface area contributed by atoms with Crippen molar-refractivity contribution in [2.24, 2.45) is 0 Å². The van der Waals surface area contributed by atoms with Gasteiger partial charge in [-0.05, 0) is 18.1 Å². The fraction of sp³-hybridized carbons (Fsp3) is 0.214. The van der Waals surface area contributed by atoms with Gasteiger partial charge in [0, 0.05) is 12.7 Å². The number of hydrogen-bond donors (Lipinski definition) is 1. The van der Waals surface area contributed by atoms with Gasteiger partial charge in [-0.25, -0.2) is 4.79 Å². The van der Waals surface area contributed by atoms with Gasteiger partial charge in [0.25, 0.3) is 0 Å². The van der Waals surface area contributed by atoms with E-state index in [0.29, 0.717) is 17.9 Å². The van der Waals surface area contributed by atoms with Gasteiger partial charge >= 0.3 is 5.97 Å². The third-order valence-electron chi connectivity index (χ3n) is 2.80. The van der Waals surface area contributed by atoms with Crippen LogP contribution >= 0.6 is 0 Å². The summed E-state index contributed by atoms with van der Waals surface area (Å²) in [5.74, 6) is -0.361. The Balaban J connectivity index is 2.12. The van der Waals surface area contributed by atoms with Crippen molar-refractivity contribution >= 4 is 11.7 Å². The van der Waals surface area contributed by atoms with E-state index in [0.717, 1.165) is 6.42 Å². The van der Waals surface area contributed by atoms with E-state index in [2.05, 4.69) is 12.1 Å². The van der Waals surface area contributed by atoms with Crippen molar-refractivity contribution in [3.8, 4) is 0 Å². The number of aryl methyl sites for hydroxylation is 2. The summed E-state index contributed by atoms with van der Waals surface area (Å²) < 4.78 is 6.55. The third kappa shape index (κ3) is 2.71. The Bertz CT molecular complexity index is 532. The van der Waals surface area contributed by atoms with Crippen LogP contribution in [0.2, 0.25) is 0 Å². The minimum Gasteiger partial charge on any atom is -0.464 e. The standard InChI is InChI=1S/C14H16N2O2/c1-18-14(17)13-9-12(15)10-16(13)8-7-11-5-3-2-4-6-11/h2-6,9-10H,7-8,15H2,1H3. The Kier molecular flexibility index (Phi) is 3.67. The van der Waals surface area contributed by atoms with E-state index in [1.165, 1.54) is 12.7 Å². The Morgan fingerprint density at radius 1 is 1.33 bits per heavy atom. The molecule has 0 bridgehead atoms. The first-order valence-electron chi connectivity index (χ1n) is 5.78. The highest BCUT2D eigenvalue weighted by Gasteiger charge is 2.12. The Morgan fingerprint density at radius 2 is 2.06 bits per heavy atom. The number of methoxy groups -OCH3 is 1. The molecule has 0 radical (unpaired) electrons. The lowest BCUT2D eigenvalue weighted by Crippen LogP contribution is -2.11. The van der Waals surface area contributed by atoms with Gasteiger partial charge in [0.15, 0.2) is 0 Å². The number of carbonyl (C=O) groups is 1. The maximum Gasteiger partial charge on any atom is 0.354 e. The maximum absolute atomic E-state index is 11.6. The molecule has 0 atom stereocenters. The monoisotopic (exact) mass is 244 g/mol. The molecule has 0 saturated carbocycles. The minimum absolute atomic E-state index is 0.361. The number of benzene rings is 1. The van der Waals surface area contributed by atoms with Crippen LogP contribution in [0.15, 0.2) is 42.6 Å². The second kappa shape index (κ2) is 5.40. The Hall–Kier alpha value is -2.23. The van der Waals surface area contributed by atoms with Crippen LogP contribution in [0.1, 0.15) is 16.1 Å². The highest BCUT2D eigenvalue weighted by Crippen LogP contribution is 2.13. The molecule has 1 aromatic heterocycles. The molecule has 4 heteroatoms. The molecule has 2 rings (SSSR count). The van der Waals surface area contributed by atoms with Crippen molar-refractivity contribution in [2.75, 3.05) is 12.8 Å². The summed E-state index contributed by atoms with van der Waals surface area (Å²) in [6.45, 7) is 0.700. The Morgan fingerprint density at radius 3 is 2.72 bits per heavy atom. The SMILES string of the molecule is COC(=O)c1cc(N)cn1CCc1ccccc1. The number of aromatic nitrogens is 1. The quantitative estimate of drug-likeness (QED) is 0.838. The van der Waals surface area contributed by atoms with E-state index in [1.54, 1.807) is 12.3 Å². The predicted octanol–water partition coefficient (Wildman–Crippen LogP) is 2.10. The van der Waals surface area contributed by atoms with Crippen molar-refractivity contribution in [3.63, 3.8) is 0 Å². The van der Waals surface area contributed by atoms with Crippen LogP contribution in [0.4, 0.5) is 5.69 Å². The molecule has 1 aromatic carbocycles. The fourth-order valence-electron chi connectivity index (χ4n) is 1.89. The zero-order valence-corrected chi connectivity index (χ0v) is 10.3. The number of esters is 1. The zero-order chi connectivity index (χ0) is 13.0. The fourth-order valence-corrected chi connectivity index (χ4v) is 1.89. The van der Waals surface area contributed by atoms with Crippen LogP contribution in [-0.4, -0.2) is 17.6 Å². The lowest BCUT2D eigenvalue weighted by atomic mass is 10.1. The number of rotatable bonds is 4. The van der Waals surface area contributed by atoms with Crippen LogP contribution in [-0.2, 0) is 17.7 Å². The summed E-state index contributed by atoms with van der Waals surface area (Å²) in [6, 6.07) is 11.7. The topological polar surface area (TPSA) is 57.2 Å². The number of nitrogens with zero attached hydrogens (tertiary/aromatic N) is 1. The molecule has 0 amide bonds. The second-order valence-corrected chi connectivity index (χ2v) is 4.08. The van der Waals surface area contributed by atoms with Gasteiger partial charge in [0.05, 0.1) is 12.8 Å². The highest BCUT2D eigenvalue weighted by atomic mass is 16.5. The molecule has 0 unspecified atom stereocenters. The molecule has 2 aromatic rings. The van der Waals surface area contributed by atoms with Crippen LogP contribution < -0.4 is 5.73 Å². The highest BCUT2D eigenvalue weighted by molar-refractivity contribution is 5.88. The first-order chi connectivity index (χ1) is 8.70. The molecule has 94 valence electrons. The van der Waals surface area contributed by atoms with Crippen molar-refractivity contribution in [3.05, 3.63) is 53.9 Å². The van der Waals surface area contributed by atoms with Crippen LogP contribution in [0, 0.1) is 0 Å².